The van der Waals surface area contributed by atoms with E-state index in [0.717, 1.165) is 0 Å². The topological polar surface area (TPSA) is 125 Å². The van der Waals surface area contributed by atoms with Gasteiger partial charge >= 0.3 is 12.0 Å². The Morgan fingerprint density at radius 3 is 2.81 bits per heavy atom. The Hall–Kier alpha value is -2.09. The molecule has 0 radical (unpaired) electrons. The third-order valence-corrected chi connectivity index (χ3v) is 1.71. The summed E-state index contributed by atoms with van der Waals surface area (Å²) in [7, 11) is 0. The molecule has 0 spiro atoms. The molecule has 1 aromatic rings. The van der Waals surface area contributed by atoms with Crippen molar-refractivity contribution in [1.29, 1.82) is 0 Å². The molecule has 0 aliphatic carbocycles. The molecular formula is C8H11N3O5. The maximum Gasteiger partial charge on any atom is 0.328 e. The second kappa shape index (κ2) is 5.71. The van der Waals surface area contributed by atoms with Crippen molar-refractivity contribution in [2.75, 3.05) is 6.61 Å². The van der Waals surface area contributed by atoms with E-state index in [2.05, 4.69) is 20.3 Å². The van der Waals surface area contributed by atoms with Crippen LogP contribution >= 0.6 is 0 Å². The van der Waals surface area contributed by atoms with Crippen molar-refractivity contribution in [1.82, 2.24) is 15.8 Å². The average Bonchev–Trinajstić information content (AvgIpc) is 2.75. The Labute approximate surface area is 90.2 Å². The molecule has 88 valence electrons. The molecule has 0 saturated heterocycles. The monoisotopic (exact) mass is 229 g/mol. The van der Waals surface area contributed by atoms with Crippen molar-refractivity contribution < 1.29 is 24.3 Å². The second-order valence-corrected chi connectivity index (χ2v) is 2.89. The lowest BCUT2D eigenvalue weighted by Crippen LogP contribution is -2.47. The van der Waals surface area contributed by atoms with Gasteiger partial charge in [-0.05, 0) is 0 Å². The molecule has 2 amide bonds. The van der Waals surface area contributed by atoms with Crippen LogP contribution in [0.2, 0.25) is 0 Å². The highest BCUT2D eigenvalue weighted by atomic mass is 16.5. The second-order valence-electron chi connectivity index (χ2n) is 2.89. The summed E-state index contributed by atoms with van der Waals surface area (Å²) >= 11 is 0. The number of aliphatic hydroxyl groups is 1. The van der Waals surface area contributed by atoms with Crippen molar-refractivity contribution in [3.05, 3.63) is 18.0 Å². The zero-order chi connectivity index (χ0) is 12.0. The summed E-state index contributed by atoms with van der Waals surface area (Å²) in [5.41, 5.74) is 0.506. The van der Waals surface area contributed by atoms with Gasteiger partial charge in [0.15, 0.2) is 6.04 Å². The number of nitrogens with one attached hydrogen (secondary N) is 2. The van der Waals surface area contributed by atoms with Gasteiger partial charge in [0.25, 0.3) is 0 Å². The van der Waals surface area contributed by atoms with E-state index in [-0.39, 0.29) is 6.54 Å². The summed E-state index contributed by atoms with van der Waals surface area (Å²) < 4.78 is 4.53. The van der Waals surface area contributed by atoms with Gasteiger partial charge in [-0.2, -0.15) is 0 Å². The van der Waals surface area contributed by atoms with Gasteiger partial charge in [0.1, 0.15) is 12.0 Å². The fourth-order valence-corrected chi connectivity index (χ4v) is 0.894. The zero-order valence-corrected chi connectivity index (χ0v) is 8.21. The number of hydrogen-bond acceptors (Lipinski definition) is 5. The van der Waals surface area contributed by atoms with Crippen LogP contribution in [0.5, 0.6) is 0 Å². The van der Waals surface area contributed by atoms with Crippen molar-refractivity contribution in [3.8, 4) is 0 Å². The Bertz CT molecular complexity index is 351. The van der Waals surface area contributed by atoms with Crippen LogP contribution in [-0.2, 0) is 11.3 Å². The largest absolute Gasteiger partial charge is 0.480 e. The number of hydrogen-bond donors (Lipinski definition) is 4. The van der Waals surface area contributed by atoms with E-state index in [1.54, 1.807) is 6.07 Å². The number of amides is 2. The number of aromatic nitrogens is 1. The van der Waals surface area contributed by atoms with E-state index in [1.807, 2.05) is 0 Å². The summed E-state index contributed by atoms with van der Waals surface area (Å²) in [6.45, 7) is -0.563. The van der Waals surface area contributed by atoms with Gasteiger partial charge in [0.2, 0.25) is 0 Å². The van der Waals surface area contributed by atoms with Crippen LogP contribution in [0.15, 0.2) is 16.9 Å². The molecule has 0 aliphatic heterocycles. The van der Waals surface area contributed by atoms with Gasteiger partial charge in [-0.3, -0.25) is 0 Å². The van der Waals surface area contributed by atoms with Gasteiger partial charge in [0, 0.05) is 6.07 Å². The lowest BCUT2D eigenvalue weighted by molar-refractivity contribution is -0.140. The number of aliphatic carboxylic acids is 1. The number of rotatable bonds is 5. The molecule has 0 saturated carbocycles. The fraction of sp³-hybridized carbons (Fsp3) is 0.375. The summed E-state index contributed by atoms with van der Waals surface area (Å²) in [5, 5.41) is 25.2. The molecule has 16 heavy (non-hydrogen) atoms. The minimum Gasteiger partial charge on any atom is -0.480 e. The van der Waals surface area contributed by atoms with E-state index in [4.69, 9.17) is 10.2 Å². The molecule has 0 fully saturated rings. The highest BCUT2D eigenvalue weighted by Crippen LogP contribution is 1.92. The maximum absolute atomic E-state index is 11.2. The normalized spacial score (nSPS) is 11.8. The third kappa shape index (κ3) is 3.58. The van der Waals surface area contributed by atoms with E-state index in [9.17, 15) is 9.59 Å². The van der Waals surface area contributed by atoms with Crippen LogP contribution < -0.4 is 10.6 Å². The van der Waals surface area contributed by atoms with Crippen LogP contribution in [0.1, 0.15) is 5.69 Å². The number of carbonyl (C=O) groups is 2. The molecule has 8 heteroatoms. The lowest BCUT2D eigenvalue weighted by atomic mass is 10.3. The van der Waals surface area contributed by atoms with Gasteiger partial charge in [-0.25, -0.2) is 9.59 Å². The summed E-state index contributed by atoms with van der Waals surface area (Å²) in [4.78, 5) is 21.6. The molecule has 4 N–H and O–H groups in total. The average molecular weight is 229 g/mol. The molecule has 1 unspecified atom stereocenters. The van der Waals surface area contributed by atoms with Crippen LogP contribution in [0.25, 0.3) is 0 Å². The van der Waals surface area contributed by atoms with Crippen LogP contribution in [0, 0.1) is 0 Å². The number of nitrogens with zero attached hydrogens (tertiary/aromatic N) is 1. The minimum absolute atomic E-state index is 0.111. The van der Waals surface area contributed by atoms with E-state index < -0.39 is 24.6 Å². The minimum atomic E-state index is -1.32. The maximum atomic E-state index is 11.2. The highest BCUT2D eigenvalue weighted by Gasteiger charge is 2.18. The molecule has 0 aromatic carbocycles. The number of urea groups is 1. The first-order valence-corrected chi connectivity index (χ1v) is 4.40. The van der Waals surface area contributed by atoms with E-state index >= 15 is 0 Å². The predicted octanol–water partition coefficient (Wildman–Crippen LogP) is -1.08. The SMILES string of the molecule is O=C(NCc1ccon1)NC(CO)C(=O)O. The number of carbonyl (C=O) groups excluding carboxylic acids is 1. The van der Waals surface area contributed by atoms with Crippen LogP contribution in [0.3, 0.4) is 0 Å². The van der Waals surface area contributed by atoms with Crippen molar-refractivity contribution >= 4 is 12.0 Å². The molecule has 1 rings (SSSR count). The highest BCUT2D eigenvalue weighted by molar-refractivity contribution is 5.82. The Morgan fingerprint density at radius 2 is 2.31 bits per heavy atom. The number of aliphatic hydroxyl groups excluding tert-OH is 1. The van der Waals surface area contributed by atoms with Crippen LogP contribution in [-0.4, -0.2) is 40.0 Å². The molecular weight excluding hydrogens is 218 g/mol. The first-order chi connectivity index (χ1) is 7.63. The standard InChI is InChI=1S/C8H11N3O5/c12-4-6(7(13)14)10-8(15)9-3-5-1-2-16-11-5/h1-2,6,12H,3-4H2,(H,13,14)(H2,9,10,15). The Kier molecular flexibility index (Phi) is 4.28. The van der Waals surface area contributed by atoms with Gasteiger partial charge < -0.3 is 25.4 Å². The summed E-state index contributed by atoms with van der Waals surface area (Å²) in [5.74, 6) is -1.31. The zero-order valence-electron chi connectivity index (χ0n) is 8.21. The molecule has 1 aromatic heterocycles. The summed E-state index contributed by atoms with van der Waals surface area (Å²) in [6.07, 6.45) is 1.35. The number of carboxylic acid groups (broad SMARTS) is 1. The molecule has 0 aliphatic rings. The predicted molar refractivity (Wildman–Crippen MR) is 50.4 cm³/mol. The van der Waals surface area contributed by atoms with Crippen molar-refractivity contribution in [2.24, 2.45) is 0 Å². The van der Waals surface area contributed by atoms with Crippen molar-refractivity contribution in [2.45, 2.75) is 12.6 Å². The first kappa shape index (κ1) is 12.0. The third-order valence-electron chi connectivity index (χ3n) is 1.71. The lowest BCUT2D eigenvalue weighted by Gasteiger charge is -2.11. The van der Waals surface area contributed by atoms with Gasteiger partial charge in [0.05, 0.1) is 13.2 Å². The Balaban J connectivity index is 2.33. The first-order valence-electron chi connectivity index (χ1n) is 4.40. The fourth-order valence-electron chi connectivity index (χ4n) is 0.894. The van der Waals surface area contributed by atoms with E-state index in [1.165, 1.54) is 6.26 Å². The molecule has 8 nitrogen and oxygen atoms in total. The van der Waals surface area contributed by atoms with Gasteiger partial charge in [-0.15, -0.1) is 0 Å². The Morgan fingerprint density at radius 1 is 1.56 bits per heavy atom. The van der Waals surface area contributed by atoms with Gasteiger partial charge in [-0.1, -0.05) is 5.16 Å². The van der Waals surface area contributed by atoms with E-state index in [0.29, 0.717) is 5.69 Å². The molecule has 1 heterocycles. The quantitative estimate of drug-likeness (QED) is 0.509. The van der Waals surface area contributed by atoms with Crippen LogP contribution in [0.4, 0.5) is 4.79 Å². The number of carboxylic acids is 1. The summed E-state index contributed by atoms with van der Waals surface area (Å²) in [6, 6.07) is -0.470. The molecule has 1 atom stereocenters. The van der Waals surface area contributed by atoms with Crippen molar-refractivity contribution in [3.63, 3.8) is 0 Å². The molecule has 0 bridgehead atoms. The smallest absolute Gasteiger partial charge is 0.328 e.